The van der Waals surface area contributed by atoms with Crippen molar-refractivity contribution in [3.63, 3.8) is 0 Å². The molecule has 1 aliphatic rings. The van der Waals surface area contributed by atoms with Crippen LogP contribution in [0.3, 0.4) is 0 Å². The summed E-state index contributed by atoms with van der Waals surface area (Å²) in [6.07, 6.45) is 3.21. The molecule has 0 fully saturated rings. The molecule has 1 N–H and O–H groups in total. The Labute approximate surface area is 291 Å². The Morgan fingerprint density at radius 3 is 2.34 bits per heavy atom. The zero-order chi connectivity index (χ0) is 33.5. The molecule has 0 unspecified atom stereocenters. The third kappa shape index (κ3) is 5.65. The van der Waals surface area contributed by atoms with Gasteiger partial charge in [0.2, 0.25) is 0 Å². The van der Waals surface area contributed by atoms with Crippen LogP contribution < -0.4 is 5.32 Å². The van der Waals surface area contributed by atoms with E-state index in [0.29, 0.717) is 5.69 Å². The number of hydrogen-bond acceptors (Lipinski definition) is 4. The van der Waals surface area contributed by atoms with Gasteiger partial charge in [0, 0.05) is 58.6 Å². The molecule has 3 aromatic heterocycles. The molecule has 8 aromatic rings. The quantitative estimate of drug-likeness (QED) is 0.177. The summed E-state index contributed by atoms with van der Waals surface area (Å²) in [5.74, 6) is 0. The predicted octanol–water partition coefficient (Wildman–Crippen LogP) is 11.0. The standard InChI is InChI=1S/C31H21N2O.C11H8N.Ir/c1-18-11-13-25(32-17-18)20-12-14-27-24(15-20)30-19(2)23(21-7-3-5-9-26(21)33-27)16-29-31(30)22-8-4-6-10-28(22)34-29;1-2-6-10(7-3-1)11-8-4-5-9-12-11;/h3-11,13-17,33H,1-2H3;1-6,8-9H;/q2*-1;/i1D3;;. The SMILES string of the molecule is [2H]C([2H])([2H])c1ccc(-c2[c-]cc3c(c2)-c2c(C)c(cc4oc5ccccc5c24)-c2ccccc2N3)nc1.[Ir].[c-]1ccccc1-c1ccccn1. The molecule has 0 saturated heterocycles. The van der Waals surface area contributed by atoms with Crippen molar-refractivity contribution < 1.29 is 28.6 Å². The maximum atomic E-state index is 7.65. The van der Waals surface area contributed by atoms with E-state index in [2.05, 4.69) is 70.7 Å². The van der Waals surface area contributed by atoms with E-state index in [0.717, 1.165) is 78.0 Å². The number of hydrogen-bond donors (Lipinski definition) is 1. The zero-order valence-corrected chi connectivity index (χ0v) is 27.7. The van der Waals surface area contributed by atoms with Gasteiger partial charge in [-0.15, -0.1) is 59.7 Å². The predicted molar refractivity (Wildman–Crippen MR) is 188 cm³/mol. The fraction of sp³-hybridized carbons (Fsp3) is 0.0476. The van der Waals surface area contributed by atoms with Gasteiger partial charge in [0.25, 0.3) is 0 Å². The second-order valence-corrected chi connectivity index (χ2v) is 11.2. The number of aromatic nitrogens is 2. The van der Waals surface area contributed by atoms with E-state index in [1.165, 1.54) is 6.20 Å². The summed E-state index contributed by atoms with van der Waals surface area (Å²) in [5.41, 5.74) is 12.8. The number of rotatable bonds is 2. The first kappa shape index (κ1) is 26.8. The third-order valence-electron chi connectivity index (χ3n) is 8.32. The van der Waals surface area contributed by atoms with Crippen molar-refractivity contribution >= 4 is 33.3 Å². The number of benzene rings is 5. The van der Waals surface area contributed by atoms with Gasteiger partial charge in [0.05, 0.1) is 0 Å². The number of furan rings is 1. The van der Waals surface area contributed by atoms with E-state index in [-0.39, 0.29) is 25.7 Å². The van der Waals surface area contributed by atoms with E-state index in [1.807, 2.05) is 72.8 Å². The van der Waals surface area contributed by atoms with Gasteiger partial charge in [0.15, 0.2) is 0 Å². The minimum absolute atomic E-state index is 0. The first-order chi connectivity index (χ1) is 23.8. The number of para-hydroxylation sites is 2. The van der Waals surface area contributed by atoms with Crippen molar-refractivity contribution in [2.75, 3.05) is 5.32 Å². The first-order valence-corrected chi connectivity index (χ1v) is 15.1. The number of nitrogens with one attached hydrogen (secondary N) is 1. The molecule has 1 aliphatic heterocycles. The van der Waals surface area contributed by atoms with Crippen LogP contribution in [-0.4, -0.2) is 9.97 Å². The van der Waals surface area contributed by atoms with Crippen LogP contribution in [0.1, 0.15) is 15.2 Å². The topological polar surface area (TPSA) is 51.0 Å². The normalized spacial score (nSPS) is 12.4. The van der Waals surface area contributed by atoms with Gasteiger partial charge in [-0.3, -0.25) is 0 Å². The van der Waals surface area contributed by atoms with Gasteiger partial charge in [-0.2, -0.15) is 0 Å². The molecule has 5 heteroatoms. The molecule has 0 aliphatic carbocycles. The molecule has 47 heavy (non-hydrogen) atoms. The van der Waals surface area contributed by atoms with Gasteiger partial charge in [-0.25, -0.2) is 0 Å². The molecular formula is C42H29IrN3O-2. The van der Waals surface area contributed by atoms with Crippen LogP contribution in [0.2, 0.25) is 0 Å². The Morgan fingerprint density at radius 1 is 0.702 bits per heavy atom. The molecule has 0 atom stereocenters. The summed E-state index contributed by atoms with van der Waals surface area (Å²) in [4.78, 5) is 8.69. The summed E-state index contributed by atoms with van der Waals surface area (Å²) in [6, 6.07) is 46.1. The molecule has 0 spiro atoms. The summed E-state index contributed by atoms with van der Waals surface area (Å²) < 4.78 is 29.3. The molecule has 9 rings (SSSR count). The molecule has 0 amide bonds. The molecule has 1 radical (unpaired) electrons. The van der Waals surface area contributed by atoms with Crippen LogP contribution in [-0.2, 0) is 20.1 Å². The summed E-state index contributed by atoms with van der Waals surface area (Å²) >= 11 is 0. The Morgan fingerprint density at radius 2 is 1.53 bits per heavy atom. The van der Waals surface area contributed by atoms with Crippen LogP contribution in [0, 0.1) is 25.9 Å². The molecule has 0 saturated carbocycles. The van der Waals surface area contributed by atoms with Crippen molar-refractivity contribution in [2.24, 2.45) is 0 Å². The fourth-order valence-electron chi connectivity index (χ4n) is 6.15. The zero-order valence-electron chi connectivity index (χ0n) is 28.3. The van der Waals surface area contributed by atoms with Crippen molar-refractivity contribution in [1.82, 2.24) is 9.97 Å². The van der Waals surface area contributed by atoms with Crippen molar-refractivity contribution in [2.45, 2.75) is 13.8 Å². The van der Waals surface area contributed by atoms with Crippen molar-refractivity contribution in [3.8, 4) is 44.8 Å². The van der Waals surface area contributed by atoms with Crippen LogP contribution >= 0.6 is 0 Å². The van der Waals surface area contributed by atoms with E-state index < -0.39 is 6.85 Å². The number of aryl methyl sites for hydroxylation is 1. The number of pyridine rings is 2. The number of fused-ring (bicyclic) bond motifs is 10. The van der Waals surface area contributed by atoms with Crippen LogP contribution in [0.25, 0.3) is 66.7 Å². The maximum Gasteiger partial charge on any atom is 0.136 e. The molecule has 2 bridgehead atoms. The smallest absolute Gasteiger partial charge is 0.136 e. The minimum atomic E-state index is -2.19. The fourth-order valence-corrected chi connectivity index (χ4v) is 6.15. The second-order valence-electron chi connectivity index (χ2n) is 11.2. The molecule has 5 aromatic carbocycles. The molecule has 229 valence electrons. The van der Waals surface area contributed by atoms with Crippen LogP contribution in [0.4, 0.5) is 11.4 Å². The van der Waals surface area contributed by atoms with E-state index >= 15 is 0 Å². The average molecular weight is 787 g/mol. The van der Waals surface area contributed by atoms with Gasteiger partial charge in [-0.1, -0.05) is 66.2 Å². The minimum Gasteiger partial charge on any atom is -0.456 e. The maximum absolute atomic E-state index is 7.65. The second kappa shape index (κ2) is 12.8. The van der Waals surface area contributed by atoms with Crippen molar-refractivity contribution in [3.05, 3.63) is 157 Å². The summed E-state index contributed by atoms with van der Waals surface area (Å²) in [6.45, 7) is -0.0262. The Kier molecular flexibility index (Phi) is 7.31. The number of nitrogens with zero attached hydrogens (tertiary/aromatic N) is 2. The largest absolute Gasteiger partial charge is 0.456 e. The van der Waals surface area contributed by atoms with Gasteiger partial charge < -0.3 is 19.7 Å². The van der Waals surface area contributed by atoms with Crippen LogP contribution in [0.15, 0.2) is 138 Å². The van der Waals surface area contributed by atoms with Crippen LogP contribution in [0.5, 0.6) is 0 Å². The average Bonchev–Trinajstić information content (AvgIpc) is 3.51. The molecule has 4 nitrogen and oxygen atoms in total. The summed E-state index contributed by atoms with van der Waals surface area (Å²) in [7, 11) is 0. The Bertz CT molecular complexity index is 2420. The Balaban J connectivity index is 0.000000255. The number of anilines is 2. The van der Waals surface area contributed by atoms with Gasteiger partial charge >= 0.3 is 0 Å². The van der Waals surface area contributed by atoms with E-state index in [4.69, 9.17) is 8.53 Å². The van der Waals surface area contributed by atoms with Gasteiger partial charge in [-0.05, 0) is 77.4 Å². The van der Waals surface area contributed by atoms with Crippen molar-refractivity contribution in [1.29, 1.82) is 0 Å². The molecular weight excluding hydrogens is 755 g/mol. The molecule has 4 heterocycles. The first-order valence-electron chi connectivity index (χ1n) is 16.6. The van der Waals surface area contributed by atoms with E-state index in [9.17, 15) is 0 Å². The summed E-state index contributed by atoms with van der Waals surface area (Å²) in [5, 5.41) is 5.78. The Hall–Kier alpha value is -5.35. The monoisotopic (exact) mass is 787 g/mol. The third-order valence-corrected chi connectivity index (χ3v) is 8.32. The van der Waals surface area contributed by atoms with E-state index in [1.54, 1.807) is 18.3 Å². The van der Waals surface area contributed by atoms with Gasteiger partial charge in [0.1, 0.15) is 11.2 Å².